The van der Waals surface area contributed by atoms with Crippen molar-refractivity contribution in [1.82, 2.24) is 10.6 Å². The first-order chi connectivity index (χ1) is 8.56. The van der Waals surface area contributed by atoms with Crippen LogP contribution in [0.1, 0.15) is 23.6 Å². The van der Waals surface area contributed by atoms with Gasteiger partial charge in [-0.15, -0.1) is 0 Å². The minimum absolute atomic E-state index is 0.129. The second-order valence-electron chi connectivity index (χ2n) is 5.42. The van der Waals surface area contributed by atoms with E-state index in [1.165, 1.54) is 11.1 Å². The van der Waals surface area contributed by atoms with Crippen LogP contribution < -0.4 is 10.6 Å². The zero-order valence-corrected chi connectivity index (χ0v) is 11.4. The fourth-order valence-corrected chi connectivity index (χ4v) is 2.42. The molecule has 1 aromatic rings. The summed E-state index contributed by atoms with van der Waals surface area (Å²) in [5.74, 6) is 0.650. The van der Waals surface area contributed by atoms with Crippen LogP contribution in [0.25, 0.3) is 0 Å². The van der Waals surface area contributed by atoms with E-state index in [1.807, 2.05) is 0 Å². The van der Waals surface area contributed by atoms with E-state index in [1.54, 1.807) is 0 Å². The number of hydrogen-bond donors (Lipinski definition) is 2. The van der Waals surface area contributed by atoms with Crippen molar-refractivity contribution >= 4 is 5.91 Å². The molecule has 2 rings (SSSR count). The molecule has 98 valence electrons. The summed E-state index contributed by atoms with van der Waals surface area (Å²) in [5.41, 5.74) is 3.53. The molecule has 0 aliphatic carbocycles. The summed E-state index contributed by atoms with van der Waals surface area (Å²) in [5, 5.41) is 6.42. The zero-order chi connectivity index (χ0) is 13.1. The summed E-state index contributed by atoms with van der Waals surface area (Å²) >= 11 is 0. The van der Waals surface area contributed by atoms with E-state index in [9.17, 15) is 4.79 Å². The molecule has 0 aromatic heterocycles. The highest BCUT2D eigenvalue weighted by Crippen LogP contribution is 2.12. The van der Waals surface area contributed by atoms with E-state index in [0.29, 0.717) is 12.3 Å². The van der Waals surface area contributed by atoms with E-state index in [0.717, 1.165) is 18.7 Å². The number of rotatable bonds is 3. The Kier molecular flexibility index (Phi) is 4.02. The molecule has 1 amide bonds. The molecule has 3 heteroatoms. The Balaban J connectivity index is 1.96. The predicted octanol–water partition coefficient (Wildman–Crippen LogP) is 1.57. The summed E-state index contributed by atoms with van der Waals surface area (Å²) < 4.78 is 0. The topological polar surface area (TPSA) is 41.1 Å². The maximum Gasteiger partial charge on any atom is 0.224 e. The van der Waals surface area contributed by atoms with Crippen LogP contribution in [0.5, 0.6) is 0 Å². The first kappa shape index (κ1) is 13.1. The van der Waals surface area contributed by atoms with Crippen molar-refractivity contribution in [2.24, 2.45) is 5.92 Å². The van der Waals surface area contributed by atoms with E-state index in [-0.39, 0.29) is 11.9 Å². The Morgan fingerprint density at radius 1 is 1.39 bits per heavy atom. The molecule has 3 nitrogen and oxygen atoms in total. The summed E-state index contributed by atoms with van der Waals surface area (Å²) in [4.78, 5) is 12.0. The first-order valence-electron chi connectivity index (χ1n) is 6.62. The van der Waals surface area contributed by atoms with Crippen LogP contribution >= 0.6 is 0 Å². The van der Waals surface area contributed by atoms with Gasteiger partial charge in [-0.2, -0.15) is 0 Å². The van der Waals surface area contributed by atoms with Crippen LogP contribution in [-0.2, 0) is 11.2 Å². The Hall–Kier alpha value is -1.35. The van der Waals surface area contributed by atoms with Gasteiger partial charge in [-0.25, -0.2) is 0 Å². The number of benzene rings is 1. The second kappa shape index (κ2) is 5.53. The normalized spacial score (nSPS) is 23.1. The van der Waals surface area contributed by atoms with Gasteiger partial charge in [-0.1, -0.05) is 30.7 Å². The van der Waals surface area contributed by atoms with Crippen molar-refractivity contribution in [2.45, 2.75) is 33.2 Å². The molecule has 0 radical (unpaired) electrons. The van der Waals surface area contributed by atoms with E-state index < -0.39 is 0 Å². The minimum atomic E-state index is 0.129. The quantitative estimate of drug-likeness (QED) is 0.850. The lowest BCUT2D eigenvalue weighted by Crippen LogP contribution is -2.40. The van der Waals surface area contributed by atoms with Crippen molar-refractivity contribution < 1.29 is 4.79 Å². The third-order valence-corrected chi connectivity index (χ3v) is 3.72. The summed E-state index contributed by atoms with van der Waals surface area (Å²) in [6.45, 7) is 8.17. The van der Waals surface area contributed by atoms with Gasteiger partial charge in [-0.3, -0.25) is 4.79 Å². The van der Waals surface area contributed by atoms with Gasteiger partial charge in [0.25, 0.3) is 0 Å². The Morgan fingerprint density at radius 2 is 2.17 bits per heavy atom. The monoisotopic (exact) mass is 246 g/mol. The maximum absolute atomic E-state index is 12.0. The van der Waals surface area contributed by atoms with Gasteiger partial charge in [0.15, 0.2) is 0 Å². The second-order valence-corrected chi connectivity index (χ2v) is 5.42. The van der Waals surface area contributed by atoms with Crippen molar-refractivity contribution in [3.8, 4) is 0 Å². The molecule has 0 bridgehead atoms. The predicted molar refractivity (Wildman–Crippen MR) is 73.6 cm³/mol. The molecule has 18 heavy (non-hydrogen) atoms. The van der Waals surface area contributed by atoms with Crippen molar-refractivity contribution in [1.29, 1.82) is 0 Å². The lowest BCUT2D eigenvalue weighted by molar-refractivity contribution is -0.121. The smallest absolute Gasteiger partial charge is 0.224 e. The third kappa shape index (κ3) is 3.10. The molecule has 1 fully saturated rings. The van der Waals surface area contributed by atoms with Crippen LogP contribution in [0.15, 0.2) is 18.2 Å². The van der Waals surface area contributed by atoms with Crippen molar-refractivity contribution in [3.05, 3.63) is 34.9 Å². The summed E-state index contributed by atoms with van der Waals surface area (Å²) in [7, 11) is 0. The molecule has 2 unspecified atom stereocenters. The van der Waals surface area contributed by atoms with Crippen LogP contribution in [0.4, 0.5) is 0 Å². The summed E-state index contributed by atoms with van der Waals surface area (Å²) in [6.07, 6.45) is 0.483. The van der Waals surface area contributed by atoms with Gasteiger partial charge < -0.3 is 10.6 Å². The lowest BCUT2D eigenvalue weighted by atomic mass is 10.0. The lowest BCUT2D eigenvalue weighted by Gasteiger charge is -2.16. The van der Waals surface area contributed by atoms with E-state index in [4.69, 9.17) is 0 Å². The number of carbonyl (C=O) groups excluding carboxylic acids is 1. The molecule has 1 aliphatic heterocycles. The first-order valence-corrected chi connectivity index (χ1v) is 6.62. The van der Waals surface area contributed by atoms with Crippen LogP contribution in [0.2, 0.25) is 0 Å². The van der Waals surface area contributed by atoms with Crippen molar-refractivity contribution in [2.75, 3.05) is 13.1 Å². The molecule has 0 saturated carbocycles. The van der Waals surface area contributed by atoms with Crippen LogP contribution in [0.3, 0.4) is 0 Å². The van der Waals surface area contributed by atoms with Gasteiger partial charge in [0, 0.05) is 12.6 Å². The Labute approximate surface area is 109 Å². The van der Waals surface area contributed by atoms with Gasteiger partial charge in [0.1, 0.15) is 0 Å². The number of nitrogens with one attached hydrogen (secondary N) is 2. The average Bonchev–Trinajstić information content (AvgIpc) is 2.70. The number of amides is 1. The van der Waals surface area contributed by atoms with Gasteiger partial charge >= 0.3 is 0 Å². The highest BCUT2D eigenvalue weighted by Gasteiger charge is 2.24. The zero-order valence-electron chi connectivity index (χ0n) is 11.4. The molecule has 0 spiro atoms. The fraction of sp³-hybridized carbons (Fsp3) is 0.533. The number of carbonyl (C=O) groups is 1. The van der Waals surface area contributed by atoms with E-state index >= 15 is 0 Å². The van der Waals surface area contributed by atoms with Gasteiger partial charge in [0.05, 0.1) is 6.42 Å². The largest absolute Gasteiger partial charge is 0.351 e. The van der Waals surface area contributed by atoms with E-state index in [2.05, 4.69) is 49.6 Å². The fourth-order valence-electron chi connectivity index (χ4n) is 2.42. The van der Waals surface area contributed by atoms with Crippen LogP contribution in [0, 0.1) is 19.8 Å². The summed E-state index contributed by atoms with van der Waals surface area (Å²) in [6, 6.07) is 6.55. The Morgan fingerprint density at radius 3 is 2.83 bits per heavy atom. The van der Waals surface area contributed by atoms with Gasteiger partial charge in [0.2, 0.25) is 5.91 Å². The minimum Gasteiger partial charge on any atom is -0.351 e. The average molecular weight is 246 g/mol. The molecule has 1 aromatic carbocycles. The Bertz CT molecular complexity index is 442. The highest BCUT2D eigenvalue weighted by molar-refractivity contribution is 5.79. The molecular formula is C15H22N2O. The number of aryl methyl sites for hydroxylation is 2. The van der Waals surface area contributed by atoms with Crippen LogP contribution in [-0.4, -0.2) is 25.0 Å². The molecule has 2 atom stereocenters. The highest BCUT2D eigenvalue weighted by atomic mass is 16.1. The molecule has 1 saturated heterocycles. The molecule has 1 aliphatic rings. The number of hydrogen-bond acceptors (Lipinski definition) is 2. The third-order valence-electron chi connectivity index (χ3n) is 3.72. The maximum atomic E-state index is 12.0. The molecular weight excluding hydrogens is 224 g/mol. The standard InChI is InChI=1S/C15H22N2O/c1-10-4-5-11(2)13(6-10)7-15(18)17-14-9-16-8-12(14)3/h4-6,12,14,16H,7-9H2,1-3H3,(H,17,18). The van der Waals surface area contributed by atoms with Crippen molar-refractivity contribution in [3.63, 3.8) is 0 Å². The van der Waals surface area contributed by atoms with Gasteiger partial charge in [-0.05, 0) is 37.4 Å². The molecule has 2 N–H and O–H groups in total. The SMILES string of the molecule is Cc1ccc(C)c(CC(=O)NC2CNCC2C)c1. The molecule has 1 heterocycles.